The summed E-state index contributed by atoms with van der Waals surface area (Å²) in [6.45, 7) is 12.1. The number of rotatable bonds is 8. The predicted octanol–water partition coefficient (Wildman–Crippen LogP) is 3.07. The summed E-state index contributed by atoms with van der Waals surface area (Å²) in [5.74, 6) is 1.68. The maximum atomic E-state index is 9.25. The van der Waals surface area contributed by atoms with Crippen LogP contribution in [0.5, 0.6) is 5.75 Å². The minimum absolute atomic E-state index is 0.0630. The molecule has 0 amide bonds. The Morgan fingerprint density at radius 1 is 1.33 bits per heavy atom. The monoisotopic (exact) mass is 291 g/mol. The molecule has 1 aliphatic heterocycles. The van der Waals surface area contributed by atoms with Gasteiger partial charge in [-0.3, -0.25) is 4.90 Å². The van der Waals surface area contributed by atoms with Crippen molar-refractivity contribution in [2.45, 2.75) is 45.6 Å². The molecule has 1 N–H and O–H groups in total. The summed E-state index contributed by atoms with van der Waals surface area (Å²) in [5, 5.41) is 9.25. The van der Waals surface area contributed by atoms with Gasteiger partial charge in [0.25, 0.3) is 0 Å². The Hall–Kier alpha value is -1.06. The second-order valence-electron chi connectivity index (χ2n) is 7.17. The highest BCUT2D eigenvalue weighted by Gasteiger charge is 2.35. The van der Waals surface area contributed by atoms with Crippen LogP contribution >= 0.6 is 0 Å². The Morgan fingerprint density at radius 2 is 2.05 bits per heavy atom. The average molecular weight is 291 g/mol. The lowest BCUT2D eigenvalue weighted by Crippen LogP contribution is -2.21. The van der Waals surface area contributed by atoms with Crippen LogP contribution < -0.4 is 4.74 Å². The van der Waals surface area contributed by atoms with Crippen LogP contribution in [0.2, 0.25) is 0 Å². The fraction of sp³-hybridized carbons (Fsp3) is 0.667. The van der Waals surface area contributed by atoms with Gasteiger partial charge in [0.15, 0.2) is 0 Å². The van der Waals surface area contributed by atoms with E-state index in [0.29, 0.717) is 12.0 Å². The van der Waals surface area contributed by atoms with E-state index in [4.69, 9.17) is 4.74 Å². The standard InChI is InChI=1S/C18H29NO2/c1-14(2)11-19-12-15(19)13-21-17-8-6-5-7-16(17)18(3,4)9-10-20/h5-8,14-15,20H,9-13H2,1-4H3. The normalized spacial score (nSPS) is 21.6. The third kappa shape index (κ3) is 4.45. The van der Waals surface area contributed by atoms with Crippen molar-refractivity contribution in [2.24, 2.45) is 5.92 Å². The van der Waals surface area contributed by atoms with Crippen molar-refractivity contribution in [3.05, 3.63) is 29.8 Å². The van der Waals surface area contributed by atoms with E-state index in [9.17, 15) is 5.11 Å². The zero-order chi connectivity index (χ0) is 15.5. The topological polar surface area (TPSA) is 32.5 Å². The predicted molar refractivity (Wildman–Crippen MR) is 86.9 cm³/mol. The van der Waals surface area contributed by atoms with Gasteiger partial charge < -0.3 is 9.84 Å². The number of nitrogens with zero attached hydrogens (tertiary/aromatic N) is 1. The van der Waals surface area contributed by atoms with Crippen LogP contribution in [0.3, 0.4) is 0 Å². The second-order valence-corrected chi connectivity index (χ2v) is 7.17. The highest BCUT2D eigenvalue weighted by atomic mass is 16.5. The maximum Gasteiger partial charge on any atom is 0.123 e. The van der Waals surface area contributed by atoms with E-state index >= 15 is 0 Å². The quantitative estimate of drug-likeness (QED) is 0.747. The van der Waals surface area contributed by atoms with Gasteiger partial charge in [-0.05, 0) is 29.4 Å². The van der Waals surface area contributed by atoms with Gasteiger partial charge in [0.2, 0.25) is 0 Å². The molecule has 1 saturated heterocycles. The van der Waals surface area contributed by atoms with Crippen LogP contribution in [0.1, 0.15) is 39.7 Å². The average Bonchev–Trinajstić information content (AvgIpc) is 3.14. The van der Waals surface area contributed by atoms with E-state index in [0.717, 1.165) is 31.9 Å². The molecule has 1 aromatic rings. The molecule has 0 spiro atoms. The molecule has 1 aromatic carbocycles. The molecule has 2 unspecified atom stereocenters. The van der Waals surface area contributed by atoms with Crippen LogP contribution in [0.4, 0.5) is 0 Å². The van der Waals surface area contributed by atoms with Crippen molar-refractivity contribution in [1.82, 2.24) is 4.90 Å². The van der Waals surface area contributed by atoms with Gasteiger partial charge in [0, 0.05) is 19.7 Å². The number of aliphatic hydroxyl groups is 1. The summed E-state index contributed by atoms with van der Waals surface area (Å²) in [7, 11) is 0. The minimum Gasteiger partial charge on any atom is -0.492 e. The Bertz CT molecular complexity index is 456. The molecule has 1 aliphatic rings. The van der Waals surface area contributed by atoms with Gasteiger partial charge in [-0.15, -0.1) is 0 Å². The molecule has 0 saturated carbocycles. The Kier molecular flexibility index (Phi) is 5.28. The Balaban J connectivity index is 1.95. The number of para-hydroxylation sites is 1. The Labute approximate surface area is 128 Å². The number of aliphatic hydroxyl groups excluding tert-OH is 1. The van der Waals surface area contributed by atoms with Gasteiger partial charge in [-0.2, -0.15) is 0 Å². The molecule has 118 valence electrons. The summed E-state index contributed by atoms with van der Waals surface area (Å²) in [6, 6.07) is 8.80. The largest absolute Gasteiger partial charge is 0.492 e. The van der Waals surface area contributed by atoms with Crippen LogP contribution in [0.15, 0.2) is 24.3 Å². The van der Waals surface area contributed by atoms with Gasteiger partial charge in [-0.25, -0.2) is 0 Å². The highest BCUT2D eigenvalue weighted by molar-refractivity contribution is 5.38. The van der Waals surface area contributed by atoms with E-state index in [-0.39, 0.29) is 12.0 Å². The van der Waals surface area contributed by atoms with Crippen LogP contribution in [0, 0.1) is 5.92 Å². The van der Waals surface area contributed by atoms with Crippen molar-refractivity contribution in [2.75, 3.05) is 26.3 Å². The molecule has 2 rings (SSSR count). The first kappa shape index (κ1) is 16.3. The van der Waals surface area contributed by atoms with Gasteiger partial charge >= 0.3 is 0 Å². The zero-order valence-corrected chi connectivity index (χ0v) is 13.8. The highest BCUT2D eigenvalue weighted by Crippen LogP contribution is 2.34. The summed E-state index contributed by atoms with van der Waals surface area (Å²) in [5.41, 5.74) is 1.13. The van der Waals surface area contributed by atoms with E-state index in [2.05, 4.69) is 38.7 Å². The first-order chi connectivity index (χ1) is 9.94. The number of ether oxygens (including phenoxy) is 1. The molecule has 1 heterocycles. The molecule has 0 aromatic heterocycles. The molecule has 0 radical (unpaired) electrons. The van der Waals surface area contributed by atoms with E-state index in [1.807, 2.05) is 18.2 Å². The molecule has 21 heavy (non-hydrogen) atoms. The Morgan fingerprint density at radius 3 is 2.71 bits per heavy atom. The third-order valence-electron chi connectivity index (χ3n) is 4.21. The summed E-state index contributed by atoms with van der Waals surface area (Å²) in [6.07, 6.45) is 0.746. The molecule has 2 atom stereocenters. The second kappa shape index (κ2) is 6.80. The lowest BCUT2D eigenvalue weighted by molar-refractivity contribution is 0.244. The molecule has 0 bridgehead atoms. The zero-order valence-electron chi connectivity index (χ0n) is 13.8. The summed E-state index contributed by atoms with van der Waals surface area (Å²) < 4.78 is 6.08. The van der Waals surface area contributed by atoms with Crippen LogP contribution in [0.25, 0.3) is 0 Å². The van der Waals surface area contributed by atoms with Crippen molar-refractivity contribution in [3.63, 3.8) is 0 Å². The first-order valence-electron chi connectivity index (χ1n) is 8.01. The summed E-state index contributed by atoms with van der Waals surface area (Å²) in [4.78, 5) is 2.46. The summed E-state index contributed by atoms with van der Waals surface area (Å²) >= 11 is 0. The van der Waals surface area contributed by atoms with Gasteiger partial charge in [-0.1, -0.05) is 45.9 Å². The SMILES string of the molecule is CC(C)CN1CC1COc1ccccc1C(C)(C)CCO. The fourth-order valence-corrected chi connectivity index (χ4v) is 2.83. The van der Waals surface area contributed by atoms with Crippen molar-refractivity contribution in [3.8, 4) is 5.75 Å². The molecule has 0 aliphatic carbocycles. The number of hydrogen-bond acceptors (Lipinski definition) is 3. The molecule has 3 heteroatoms. The van der Waals surface area contributed by atoms with E-state index < -0.39 is 0 Å². The van der Waals surface area contributed by atoms with Crippen molar-refractivity contribution in [1.29, 1.82) is 0 Å². The van der Waals surface area contributed by atoms with Crippen molar-refractivity contribution >= 4 is 0 Å². The van der Waals surface area contributed by atoms with E-state index in [1.54, 1.807) is 0 Å². The minimum atomic E-state index is -0.0630. The van der Waals surface area contributed by atoms with Gasteiger partial charge in [0.05, 0.1) is 6.04 Å². The number of hydrogen-bond donors (Lipinski definition) is 1. The van der Waals surface area contributed by atoms with Gasteiger partial charge in [0.1, 0.15) is 12.4 Å². The lowest BCUT2D eigenvalue weighted by atomic mass is 9.81. The van der Waals surface area contributed by atoms with Crippen LogP contribution in [-0.2, 0) is 5.41 Å². The molecular formula is C18H29NO2. The fourth-order valence-electron chi connectivity index (χ4n) is 2.83. The first-order valence-corrected chi connectivity index (χ1v) is 8.01. The molecular weight excluding hydrogens is 262 g/mol. The number of benzene rings is 1. The lowest BCUT2D eigenvalue weighted by Gasteiger charge is -2.26. The van der Waals surface area contributed by atoms with Crippen molar-refractivity contribution < 1.29 is 9.84 Å². The molecule has 3 nitrogen and oxygen atoms in total. The smallest absolute Gasteiger partial charge is 0.123 e. The third-order valence-corrected chi connectivity index (χ3v) is 4.21. The maximum absolute atomic E-state index is 9.25. The molecule has 1 fully saturated rings. The van der Waals surface area contributed by atoms with E-state index in [1.165, 1.54) is 5.56 Å². The van der Waals surface area contributed by atoms with Crippen LogP contribution in [-0.4, -0.2) is 42.4 Å².